The zero-order valence-electron chi connectivity index (χ0n) is 15.3. The number of aryl methyl sites for hydroxylation is 2. The van der Waals surface area contributed by atoms with Gasteiger partial charge in [0.1, 0.15) is 0 Å². The van der Waals surface area contributed by atoms with Gasteiger partial charge in [-0.15, -0.1) is 11.3 Å². The molecule has 2 aromatic heterocycles. The van der Waals surface area contributed by atoms with Crippen molar-refractivity contribution in [3.8, 4) is 0 Å². The Morgan fingerprint density at radius 2 is 1.93 bits per heavy atom. The number of alkyl halides is 3. The summed E-state index contributed by atoms with van der Waals surface area (Å²) in [5.74, 6) is -1.37. The summed E-state index contributed by atoms with van der Waals surface area (Å²) in [6, 6.07) is 2.62. The number of anilines is 1. The highest BCUT2D eigenvalue weighted by Gasteiger charge is 2.32. The molecule has 152 valence electrons. The lowest BCUT2D eigenvalue weighted by molar-refractivity contribution is -0.137. The lowest BCUT2D eigenvalue weighted by Gasteiger charge is -2.13. The van der Waals surface area contributed by atoms with Crippen LogP contribution in [0, 0.1) is 13.8 Å². The Hall–Kier alpha value is -3.21. The molecule has 0 aliphatic rings. The molecule has 2 amide bonds. The van der Waals surface area contributed by atoms with Crippen molar-refractivity contribution in [2.24, 2.45) is 0 Å². The minimum atomic E-state index is -4.70. The molecule has 0 atom stereocenters. The van der Waals surface area contributed by atoms with Crippen molar-refractivity contribution in [1.29, 1.82) is 0 Å². The van der Waals surface area contributed by atoms with E-state index in [9.17, 15) is 22.8 Å². The minimum Gasteiger partial charge on any atom is -0.436 e. The fourth-order valence-corrected chi connectivity index (χ4v) is 3.08. The van der Waals surface area contributed by atoms with Crippen LogP contribution in [0.25, 0.3) is 0 Å². The number of amides is 2. The number of halogens is 3. The summed E-state index contributed by atoms with van der Waals surface area (Å²) < 4.78 is 45.0. The largest absolute Gasteiger partial charge is 0.436 e. The van der Waals surface area contributed by atoms with Crippen LogP contribution < -0.4 is 10.6 Å². The molecule has 2 heterocycles. The fourth-order valence-electron chi connectivity index (χ4n) is 2.52. The van der Waals surface area contributed by atoms with E-state index in [0.717, 1.165) is 18.2 Å². The van der Waals surface area contributed by atoms with Crippen molar-refractivity contribution in [2.45, 2.75) is 26.6 Å². The number of carbonyl (C=O) groups excluding carboxylic acids is 2. The number of hydrogen-bond donors (Lipinski definition) is 2. The molecule has 0 aliphatic carbocycles. The molecule has 3 rings (SSSR count). The van der Waals surface area contributed by atoms with Gasteiger partial charge >= 0.3 is 6.18 Å². The number of hydrogen-bond acceptors (Lipinski definition) is 6. The van der Waals surface area contributed by atoms with E-state index in [2.05, 4.69) is 20.6 Å². The fraction of sp³-hybridized carbons (Fsp3) is 0.222. The maximum absolute atomic E-state index is 13.3. The van der Waals surface area contributed by atoms with Crippen LogP contribution in [0.4, 0.5) is 18.9 Å². The van der Waals surface area contributed by atoms with Gasteiger partial charge in [-0.3, -0.25) is 9.59 Å². The molecule has 0 fully saturated rings. The van der Waals surface area contributed by atoms with Gasteiger partial charge in [-0.25, -0.2) is 9.97 Å². The van der Waals surface area contributed by atoms with E-state index in [-0.39, 0.29) is 29.4 Å². The molecule has 3 aromatic rings. The highest BCUT2D eigenvalue weighted by Crippen LogP contribution is 2.32. The van der Waals surface area contributed by atoms with Crippen LogP contribution >= 0.6 is 11.3 Å². The van der Waals surface area contributed by atoms with Crippen LogP contribution in [0.1, 0.15) is 43.8 Å². The number of benzene rings is 1. The average Bonchev–Trinajstić information content (AvgIpc) is 3.27. The second kappa shape index (κ2) is 8.03. The molecule has 0 saturated heterocycles. The number of carbonyl (C=O) groups is 2. The predicted molar refractivity (Wildman–Crippen MR) is 98.7 cm³/mol. The Bertz CT molecular complexity index is 1050. The summed E-state index contributed by atoms with van der Waals surface area (Å²) in [5.41, 5.74) is 0.938. The zero-order valence-corrected chi connectivity index (χ0v) is 16.1. The highest BCUT2D eigenvalue weighted by molar-refractivity contribution is 7.07. The smallest absolute Gasteiger partial charge is 0.416 e. The Morgan fingerprint density at radius 3 is 2.52 bits per heavy atom. The van der Waals surface area contributed by atoms with E-state index in [0.29, 0.717) is 11.4 Å². The summed E-state index contributed by atoms with van der Waals surface area (Å²) >= 11 is 1.33. The van der Waals surface area contributed by atoms with Gasteiger partial charge in [0.25, 0.3) is 11.8 Å². The molecule has 0 aliphatic heterocycles. The van der Waals surface area contributed by atoms with Crippen molar-refractivity contribution < 1.29 is 27.2 Å². The van der Waals surface area contributed by atoms with Gasteiger partial charge in [-0.1, -0.05) is 0 Å². The highest BCUT2D eigenvalue weighted by atomic mass is 32.1. The van der Waals surface area contributed by atoms with Crippen LogP contribution in [0.2, 0.25) is 0 Å². The van der Waals surface area contributed by atoms with Gasteiger partial charge in [0, 0.05) is 23.6 Å². The number of nitrogens with one attached hydrogen (secondary N) is 2. The van der Waals surface area contributed by atoms with E-state index in [1.165, 1.54) is 18.3 Å². The summed E-state index contributed by atoms with van der Waals surface area (Å²) in [4.78, 5) is 32.6. The molecule has 11 heteroatoms. The lowest BCUT2D eigenvalue weighted by Crippen LogP contribution is -2.24. The normalized spacial score (nSPS) is 11.3. The van der Waals surface area contributed by atoms with Crippen molar-refractivity contribution in [2.75, 3.05) is 5.32 Å². The summed E-state index contributed by atoms with van der Waals surface area (Å²) in [6.07, 6.45) is -4.70. The molecule has 29 heavy (non-hydrogen) atoms. The van der Waals surface area contributed by atoms with Gasteiger partial charge in [-0.2, -0.15) is 13.2 Å². The monoisotopic (exact) mass is 424 g/mol. The average molecular weight is 424 g/mol. The first-order valence-electron chi connectivity index (χ1n) is 8.26. The van der Waals surface area contributed by atoms with Crippen molar-refractivity contribution in [3.05, 3.63) is 63.3 Å². The molecule has 0 spiro atoms. The minimum absolute atomic E-state index is 0.0663. The number of rotatable bonds is 5. The Kier molecular flexibility index (Phi) is 5.69. The number of nitrogens with zero attached hydrogens (tertiary/aromatic N) is 2. The number of oxazole rings is 1. The van der Waals surface area contributed by atoms with Crippen molar-refractivity contribution in [3.63, 3.8) is 0 Å². The van der Waals surface area contributed by atoms with Crippen LogP contribution in [0.3, 0.4) is 0 Å². The van der Waals surface area contributed by atoms with Crippen LogP contribution in [0.5, 0.6) is 0 Å². The Balaban J connectivity index is 1.86. The van der Waals surface area contributed by atoms with Gasteiger partial charge in [0.15, 0.2) is 5.89 Å². The van der Waals surface area contributed by atoms with Gasteiger partial charge in [0.2, 0.25) is 5.76 Å². The maximum atomic E-state index is 13.3. The molecule has 0 saturated carbocycles. The van der Waals surface area contributed by atoms with Crippen LogP contribution in [-0.2, 0) is 12.7 Å². The first kappa shape index (κ1) is 20.5. The summed E-state index contributed by atoms with van der Waals surface area (Å²) in [7, 11) is 0. The van der Waals surface area contributed by atoms with Gasteiger partial charge < -0.3 is 15.1 Å². The molecule has 2 N–H and O–H groups in total. The zero-order chi connectivity index (χ0) is 21.2. The Labute approximate surface area is 167 Å². The lowest BCUT2D eigenvalue weighted by atomic mass is 10.1. The van der Waals surface area contributed by atoms with Crippen molar-refractivity contribution in [1.82, 2.24) is 15.3 Å². The summed E-state index contributed by atoms with van der Waals surface area (Å²) in [6.45, 7) is 3.14. The molecular formula is C18H15F3N4O3S. The second-order valence-corrected chi connectivity index (χ2v) is 6.78. The molecule has 0 unspecified atom stereocenters. The summed E-state index contributed by atoms with van der Waals surface area (Å²) in [5, 5.41) is 6.54. The molecule has 0 radical (unpaired) electrons. The maximum Gasteiger partial charge on any atom is 0.416 e. The third-order valence-electron chi connectivity index (χ3n) is 3.80. The SMILES string of the molecule is Cc1nc(C)c(C(=O)Nc2cc(C(=O)NCc3cscn3)cc(C(F)(F)F)c2)o1. The Morgan fingerprint density at radius 1 is 1.17 bits per heavy atom. The van der Waals surface area contributed by atoms with Crippen LogP contribution in [-0.4, -0.2) is 21.8 Å². The number of thiazole rings is 1. The number of aromatic nitrogens is 2. The van der Waals surface area contributed by atoms with Gasteiger partial charge in [-0.05, 0) is 25.1 Å². The van der Waals surface area contributed by atoms with E-state index in [1.807, 2.05) is 0 Å². The molecule has 0 bridgehead atoms. The van der Waals surface area contributed by atoms with E-state index < -0.39 is 23.6 Å². The first-order valence-corrected chi connectivity index (χ1v) is 9.20. The van der Waals surface area contributed by atoms with Crippen molar-refractivity contribution >= 4 is 28.8 Å². The first-order chi connectivity index (χ1) is 13.6. The van der Waals surface area contributed by atoms with E-state index in [4.69, 9.17) is 4.42 Å². The molecule has 7 nitrogen and oxygen atoms in total. The third-order valence-corrected chi connectivity index (χ3v) is 4.44. The second-order valence-electron chi connectivity index (χ2n) is 6.06. The quantitative estimate of drug-likeness (QED) is 0.647. The van der Waals surface area contributed by atoms with Crippen LogP contribution in [0.15, 0.2) is 33.5 Å². The van der Waals surface area contributed by atoms with E-state index in [1.54, 1.807) is 17.8 Å². The van der Waals surface area contributed by atoms with Gasteiger partial charge in [0.05, 0.1) is 29.0 Å². The molecule has 1 aromatic carbocycles. The third kappa shape index (κ3) is 4.99. The van der Waals surface area contributed by atoms with E-state index >= 15 is 0 Å². The standard InChI is InChI=1S/C18H15F3N4O3S/c1-9-15(28-10(2)24-9)17(27)25-13-4-11(3-12(5-13)18(19,20)21)16(26)22-6-14-7-29-8-23-14/h3-5,7-8H,6H2,1-2H3,(H,22,26)(H,25,27). The topological polar surface area (TPSA) is 97.1 Å². The predicted octanol–water partition coefficient (Wildman–Crippen LogP) is 3.95. The molecular weight excluding hydrogens is 409 g/mol.